The quantitative estimate of drug-likeness (QED) is 0.445. The van der Waals surface area contributed by atoms with Crippen molar-refractivity contribution in [2.45, 2.75) is 58.9 Å². The van der Waals surface area contributed by atoms with E-state index < -0.39 is 8.56 Å². The minimum absolute atomic E-state index is 0.732. The SMILES string of the molecule is CCCCCCC[Si](OCC)(OCC)c1ccccc1. The lowest BCUT2D eigenvalue weighted by molar-refractivity contribution is 0.194. The van der Waals surface area contributed by atoms with Crippen LogP contribution < -0.4 is 5.19 Å². The van der Waals surface area contributed by atoms with Crippen molar-refractivity contribution in [3.63, 3.8) is 0 Å². The molecule has 1 aromatic carbocycles. The van der Waals surface area contributed by atoms with Gasteiger partial charge in [0.25, 0.3) is 0 Å². The van der Waals surface area contributed by atoms with Crippen LogP contribution in [-0.4, -0.2) is 21.8 Å². The highest BCUT2D eigenvalue weighted by molar-refractivity contribution is 6.81. The van der Waals surface area contributed by atoms with Crippen molar-refractivity contribution in [1.29, 1.82) is 0 Å². The lowest BCUT2D eigenvalue weighted by Gasteiger charge is -2.30. The Balaban J connectivity index is 2.72. The molecule has 0 fully saturated rings. The first-order valence-electron chi connectivity index (χ1n) is 8.12. The maximum absolute atomic E-state index is 6.18. The molecule has 0 saturated heterocycles. The molecule has 0 aliphatic rings. The minimum Gasteiger partial charge on any atom is -0.391 e. The summed E-state index contributed by atoms with van der Waals surface area (Å²) in [5.74, 6) is 0. The van der Waals surface area contributed by atoms with Crippen LogP contribution in [0.3, 0.4) is 0 Å². The standard InChI is InChI=1S/C17H30O2Si/c1-4-7-8-9-13-16-20(18-5-2,19-6-3)17-14-11-10-12-15-17/h10-12,14-15H,4-9,13,16H2,1-3H3. The van der Waals surface area contributed by atoms with E-state index >= 15 is 0 Å². The molecule has 0 saturated carbocycles. The Morgan fingerprint density at radius 3 is 1.95 bits per heavy atom. The summed E-state index contributed by atoms with van der Waals surface area (Å²) in [4.78, 5) is 0. The second-order valence-electron chi connectivity index (χ2n) is 5.15. The molecule has 0 aliphatic carbocycles. The Labute approximate surface area is 125 Å². The van der Waals surface area contributed by atoms with Gasteiger partial charge in [-0.15, -0.1) is 0 Å². The number of benzene rings is 1. The predicted octanol–water partition coefficient (Wildman–Crippen LogP) is 4.38. The second-order valence-corrected chi connectivity index (χ2v) is 8.31. The summed E-state index contributed by atoms with van der Waals surface area (Å²) in [7, 11) is -2.23. The van der Waals surface area contributed by atoms with Crippen molar-refractivity contribution in [2.24, 2.45) is 0 Å². The van der Waals surface area contributed by atoms with E-state index in [-0.39, 0.29) is 0 Å². The first-order chi connectivity index (χ1) is 9.79. The van der Waals surface area contributed by atoms with Crippen molar-refractivity contribution < 1.29 is 8.85 Å². The molecular weight excluding hydrogens is 264 g/mol. The van der Waals surface area contributed by atoms with Gasteiger partial charge in [0.1, 0.15) is 0 Å². The smallest absolute Gasteiger partial charge is 0.372 e. The van der Waals surface area contributed by atoms with E-state index in [0.29, 0.717) is 0 Å². The zero-order valence-corrected chi connectivity index (χ0v) is 14.4. The number of rotatable bonds is 11. The fraction of sp³-hybridized carbons (Fsp3) is 0.647. The lowest BCUT2D eigenvalue weighted by Crippen LogP contribution is -2.53. The van der Waals surface area contributed by atoms with Crippen molar-refractivity contribution in [3.05, 3.63) is 30.3 Å². The van der Waals surface area contributed by atoms with Gasteiger partial charge in [-0.3, -0.25) is 0 Å². The largest absolute Gasteiger partial charge is 0.391 e. The van der Waals surface area contributed by atoms with E-state index in [4.69, 9.17) is 8.85 Å². The normalized spacial score (nSPS) is 11.8. The Morgan fingerprint density at radius 2 is 1.40 bits per heavy atom. The van der Waals surface area contributed by atoms with Gasteiger partial charge in [0.15, 0.2) is 0 Å². The molecule has 0 bridgehead atoms. The van der Waals surface area contributed by atoms with Crippen LogP contribution in [0.25, 0.3) is 0 Å². The monoisotopic (exact) mass is 294 g/mol. The van der Waals surface area contributed by atoms with Crippen molar-refractivity contribution in [2.75, 3.05) is 13.2 Å². The lowest BCUT2D eigenvalue weighted by atomic mass is 10.2. The molecule has 0 heterocycles. The summed E-state index contributed by atoms with van der Waals surface area (Å²) in [6.07, 6.45) is 6.45. The van der Waals surface area contributed by atoms with Crippen molar-refractivity contribution in [1.82, 2.24) is 0 Å². The summed E-state index contributed by atoms with van der Waals surface area (Å²) in [6.45, 7) is 7.86. The number of hydrogen-bond acceptors (Lipinski definition) is 2. The Hall–Kier alpha value is -0.643. The molecule has 1 rings (SSSR count). The molecular formula is C17H30O2Si. The predicted molar refractivity (Wildman–Crippen MR) is 88.6 cm³/mol. The van der Waals surface area contributed by atoms with Crippen LogP contribution in [0.15, 0.2) is 30.3 Å². The zero-order valence-electron chi connectivity index (χ0n) is 13.4. The first-order valence-corrected chi connectivity index (χ1v) is 10.1. The van der Waals surface area contributed by atoms with E-state index in [2.05, 4.69) is 51.1 Å². The average Bonchev–Trinajstić information content (AvgIpc) is 2.48. The van der Waals surface area contributed by atoms with Gasteiger partial charge in [0, 0.05) is 13.2 Å². The molecule has 20 heavy (non-hydrogen) atoms. The summed E-state index contributed by atoms with van der Waals surface area (Å²) >= 11 is 0. The number of unbranched alkanes of at least 4 members (excludes halogenated alkanes) is 4. The fourth-order valence-corrected chi connectivity index (χ4v) is 5.96. The maximum Gasteiger partial charge on any atom is 0.372 e. The molecule has 0 radical (unpaired) electrons. The van der Waals surface area contributed by atoms with Crippen LogP contribution in [0.5, 0.6) is 0 Å². The maximum atomic E-state index is 6.18. The molecule has 0 aliphatic heterocycles. The molecule has 0 N–H and O–H groups in total. The first kappa shape index (κ1) is 17.4. The Bertz CT molecular complexity index is 334. The van der Waals surface area contributed by atoms with Crippen LogP contribution in [-0.2, 0) is 8.85 Å². The van der Waals surface area contributed by atoms with E-state index in [0.717, 1.165) is 19.3 Å². The summed E-state index contributed by atoms with van der Waals surface area (Å²) in [6, 6.07) is 11.6. The molecule has 0 spiro atoms. The second kappa shape index (κ2) is 10.1. The van der Waals surface area contributed by atoms with E-state index in [1.165, 1.54) is 37.3 Å². The van der Waals surface area contributed by atoms with Gasteiger partial charge in [-0.05, 0) is 25.1 Å². The minimum atomic E-state index is -2.23. The van der Waals surface area contributed by atoms with Gasteiger partial charge in [0.05, 0.1) is 0 Å². The summed E-state index contributed by atoms with van der Waals surface area (Å²) < 4.78 is 12.4. The number of hydrogen-bond donors (Lipinski definition) is 0. The van der Waals surface area contributed by atoms with Gasteiger partial charge in [-0.2, -0.15) is 0 Å². The molecule has 0 atom stereocenters. The van der Waals surface area contributed by atoms with E-state index in [1.54, 1.807) is 0 Å². The zero-order chi connectivity index (χ0) is 14.7. The third-order valence-corrected chi connectivity index (χ3v) is 7.31. The van der Waals surface area contributed by atoms with Crippen LogP contribution >= 0.6 is 0 Å². The molecule has 3 heteroatoms. The van der Waals surface area contributed by atoms with Gasteiger partial charge in [-0.25, -0.2) is 0 Å². The van der Waals surface area contributed by atoms with Gasteiger partial charge in [0.2, 0.25) is 0 Å². The molecule has 0 amide bonds. The molecule has 0 aromatic heterocycles. The molecule has 1 aromatic rings. The highest BCUT2D eigenvalue weighted by Gasteiger charge is 2.38. The van der Waals surface area contributed by atoms with Crippen LogP contribution in [0.1, 0.15) is 52.9 Å². The Kier molecular flexibility index (Phi) is 8.82. The highest BCUT2D eigenvalue weighted by atomic mass is 28.4. The van der Waals surface area contributed by atoms with Gasteiger partial charge < -0.3 is 8.85 Å². The topological polar surface area (TPSA) is 18.5 Å². The van der Waals surface area contributed by atoms with Crippen LogP contribution in [0.2, 0.25) is 6.04 Å². The van der Waals surface area contributed by atoms with Gasteiger partial charge in [-0.1, -0.05) is 69.4 Å². The molecule has 114 valence electrons. The molecule has 2 nitrogen and oxygen atoms in total. The van der Waals surface area contributed by atoms with Crippen molar-refractivity contribution >= 4 is 13.7 Å². The van der Waals surface area contributed by atoms with Crippen LogP contribution in [0, 0.1) is 0 Å². The Morgan fingerprint density at radius 1 is 0.800 bits per heavy atom. The third kappa shape index (κ3) is 5.39. The fourth-order valence-electron chi connectivity index (χ4n) is 2.62. The van der Waals surface area contributed by atoms with Crippen molar-refractivity contribution in [3.8, 4) is 0 Å². The van der Waals surface area contributed by atoms with E-state index in [9.17, 15) is 0 Å². The average molecular weight is 295 g/mol. The van der Waals surface area contributed by atoms with E-state index in [1.807, 2.05) is 0 Å². The summed E-state index contributed by atoms with van der Waals surface area (Å²) in [5.41, 5.74) is 0. The molecule has 0 unspecified atom stereocenters. The highest BCUT2D eigenvalue weighted by Crippen LogP contribution is 2.19. The summed E-state index contributed by atoms with van der Waals surface area (Å²) in [5, 5.41) is 1.28. The van der Waals surface area contributed by atoms with Gasteiger partial charge >= 0.3 is 8.56 Å². The van der Waals surface area contributed by atoms with Crippen LogP contribution in [0.4, 0.5) is 0 Å². The third-order valence-electron chi connectivity index (χ3n) is 3.58.